The highest BCUT2D eigenvalue weighted by molar-refractivity contribution is 5.46. The summed E-state index contributed by atoms with van der Waals surface area (Å²) in [5, 5.41) is 3.90. The van der Waals surface area contributed by atoms with Gasteiger partial charge in [0.15, 0.2) is 0 Å². The predicted molar refractivity (Wildman–Crippen MR) is 105 cm³/mol. The summed E-state index contributed by atoms with van der Waals surface area (Å²) >= 11 is 0. The van der Waals surface area contributed by atoms with Crippen LogP contribution in [0.4, 0.5) is 0 Å². The van der Waals surface area contributed by atoms with E-state index < -0.39 is 0 Å². The zero-order valence-corrected chi connectivity index (χ0v) is 15.9. The van der Waals surface area contributed by atoms with Crippen molar-refractivity contribution >= 4 is 5.65 Å². The molecular weight excluding hydrogens is 322 g/mol. The summed E-state index contributed by atoms with van der Waals surface area (Å²) in [6.45, 7) is 5.01. The van der Waals surface area contributed by atoms with Gasteiger partial charge in [-0.05, 0) is 50.5 Å². The molecule has 0 saturated heterocycles. The normalized spacial score (nSPS) is 16.3. The molecule has 2 aromatic heterocycles. The molecule has 4 nitrogen and oxygen atoms in total. The van der Waals surface area contributed by atoms with Gasteiger partial charge in [0.05, 0.1) is 18.5 Å². The second-order valence-electron chi connectivity index (χ2n) is 7.42. The number of aromatic nitrogens is 2. The third kappa shape index (κ3) is 2.88. The van der Waals surface area contributed by atoms with Gasteiger partial charge in [0.1, 0.15) is 11.4 Å². The number of fused-ring (bicyclic) bond motifs is 1. The van der Waals surface area contributed by atoms with Gasteiger partial charge in [-0.3, -0.25) is 0 Å². The minimum absolute atomic E-state index is 0.0199. The van der Waals surface area contributed by atoms with Gasteiger partial charge in [0.2, 0.25) is 0 Å². The Bertz CT molecular complexity index is 922. The van der Waals surface area contributed by atoms with E-state index in [2.05, 4.69) is 60.1 Å². The van der Waals surface area contributed by atoms with E-state index in [4.69, 9.17) is 9.72 Å². The van der Waals surface area contributed by atoms with Crippen LogP contribution in [0.5, 0.6) is 5.75 Å². The number of methoxy groups -OCH3 is 1. The fourth-order valence-corrected chi connectivity index (χ4v) is 4.34. The van der Waals surface area contributed by atoms with Crippen LogP contribution in [-0.4, -0.2) is 16.5 Å². The first-order chi connectivity index (χ1) is 12.6. The monoisotopic (exact) mass is 349 g/mol. The predicted octanol–water partition coefficient (Wildman–Crippen LogP) is 4.52. The number of aryl methyl sites for hydroxylation is 2. The standard InChI is InChI=1S/C22H27N3O/c1-16-10-13-25-19(17(2)24-21(25)14-16)15-23-22(11-6-7-12-22)18-8-4-5-9-20(18)26-3/h4-5,8-10,13-14,23H,6-7,11-12,15H2,1-3H3. The molecule has 0 bridgehead atoms. The van der Waals surface area contributed by atoms with Crippen molar-refractivity contribution in [2.45, 2.75) is 51.6 Å². The zero-order chi connectivity index (χ0) is 18.1. The lowest BCUT2D eigenvalue weighted by molar-refractivity contribution is 0.315. The molecule has 0 aliphatic heterocycles. The second-order valence-corrected chi connectivity index (χ2v) is 7.42. The minimum atomic E-state index is -0.0199. The molecule has 1 N–H and O–H groups in total. The van der Waals surface area contributed by atoms with Gasteiger partial charge >= 0.3 is 0 Å². The second kappa shape index (κ2) is 6.76. The molecule has 1 aliphatic carbocycles. The number of pyridine rings is 1. The highest BCUT2D eigenvalue weighted by atomic mass is 16.5. The first kappa shape index (κ1) is 17.1. The Morgan fingerprint density at radius 1 is 1.15 bits per heavy atom. The maximum absolute atomic E-state index is 5.67. The molecule has 4 rings (SSSR count). The Morgan fingerprint density at radius 2 is 1.92 bits per heavy atom. The van der Waals surface area contributed by atoms with E-state index in [1.807, 2.05) is 6.07 Å². The fourth-order valence-electron chi connectivity index (χ4n) is 4.34. The quantitative estimate of drug-likeness (QED) is 0.736. The van der Waals surface area contributed by atoms with Crippen molar-refractivity contribution in [3.8, 4) is 5.75 Å². The first-order valence-electron chi connectivity index (χ1n) is 9.46. The van der Waals surface area contributed by atoms with Crippen LogP contribution in [0.25, 0.3) is 5.65 Å². The third-order valence-electron chi connectivity index (χ3n) is 5.75. The molecule has 136 valence electrons. The molecule has 1 fully saturated rings. The van der Waals surface area contributed by atoms with Gasteiger partial charge in [-0.1, -0.05) is 31.0 Å². The Balaban J connectivity index is 1.68. The Labute approximate surface area is 155 Å². The van der Waals surface area contributed by atoms with Crippen molar-refractivity contribution in [3.63, 3.8) is 0 Å². The molecule has 26 heavy (non-hydrogen) atoms. The van der Waals surface area contributed by atoms with Crippen LogP contribution in [0.15, 0.2) is 42.6 Å². The summed E-state index contributed by atoms with van der Waals surface area (Å²) in [7, 11) is 1.76. The molecule has 2 heterocycles. The molecule has 1 saturated carbocycles. The van der Waals surface area contributed by atoms with Gasteiger partial charge in [-0.15, -0.1) is 0 Å². The van der Waals surface area contributed by atoms with Crippen molar-refractivity contribution in [2.24, 2.45) is 0 Å². The van der Waals surface area contributed by atoms with Gasteiger partial charge in [-0.25, -0.2) is 4.98 Å². The lowest BCUT2D eigenvalue weighted by Crippen LogP contribution is -2.40. The lowest BCUT2D eigenvalue weighted by Gasteiger charge is -2.32. The summed E-state index contributed by atoms with van der Waals surface area (Å²) in [4.78, 5) is 4.75. The van der Waals surface area contributed by atoms with E-state index in [1.165, 1.54) is 29.7 Å². The van der Waals surface area contributed by atoms with Gasteiger partial charge < -0.3 is 14.5 Å². The van der Waals surface area contributed by atoms with Gasteiger partial charge in [0.25, 0.3) is 0 Å². The van der Waals surface area contributed by atoms with E-state index in [0.717, 1.165) is 36.5 Å². The molecule has 3 aromatic rings. The van der Waals surface area contributed by atoms with Crippen LogP contribution < -0.4 is 10.1 Å². The number of ether oxygens (including phenoxy) is 1. The Hall–Kier alpha value is -2.33. The summed E-state index contributed by atoms with van der Waals surface area (Å²) in [5.41, 5.74) is 5.86. The minimum Gasteiger partial charge on any atom is -0.496 e. The molecule has 1 aromatic carbocycles. The summed E-state index contributed by atoms with van der Waals surface area (Å²) in [6.07, 6.45) is 6.91. The number of imidazole rings is 1. The molecule has 0 unspecified atom stereocenters. The smallest absolute Gasteiger partial charge is 0.137 e. The van der Waals surface area contributed by atoms with Crippen molar-refractivity contribution in [1.29, 1.82) is 0 Å². The molecular formula is C22H27N3O. The van der Waals surface area contributed by atoms with Crippen LogP contribution in [0, 0.1) is 13.8 Å². The largest absolute Gasteiger partial charge is 0.496 e. The molecule has 1 aliphatic rings. The average Bonchev–Trinajstić information content (AvgIpc) is 3.24. The molecule has 4 heteroatoms. The van der Waals surface area contributed by atoms with E-state index in [1.54, 1.807) is 7.11 Å². The summed E-state index contributed by atoms with van der Waals surface area (Å²) < 4.78 is 7.88. The van der Waals surface area contributed by atoms with Crippen molar-refractivity contribution in [2.75, 3.05) is 7.11 Å². The van der Waals surface area contributed by atoms with Crippen LogP contribution in [0.1, 0.15) is 48.2 Å². The summed E-state index contributed by atoms with van der Waals surface area (Å²) in [6, 6.07) is 12.7. The third-order valence-corrected chi connectivity index (χ3v) is 5.75. The van der Waals surface area contributed by atoms with Crippen LogP contribution in [0.3, 0.4) is 0 Å². The molecule has 0 amide bonds. The van der Waals surface area contributed by atoms with E-state index in [-0.39, 0.29) is 5.54 Å². The highest BCUT2D eigenvalue weighted by Crippen LogP contribution is 2.42. The van der Waals surface area contributed by atoms with Crippen LogP contribution in [-0.2, 0) is 12.1 Å². The number of benzene rings is 1. The fraction of sp³-hybridized carbons (Fsp3) is 0.409. The number of rotatable bonds is 5. The highest BCUT2D eigenvalue weighted by Gasteiger charge is 2.37. The zero-order valence-electron chi connectivity index (χ0n) is 15.9. The number of hydrogen-bond acceptors (Lipinski definition) is 3. The van der Waals surface area contributed by atoms with Crippen molar-refractivity contribution in [3.05, 3.63) is 65.1 Å². The first-order valence-corrected chi connectivity index (χ1v) is 9.46. The SMILES string of the molecule is COc1ccccc1C1(NCc2c(C)nc3cc(C)ccn23)CCCC1. The van der Waals surface area contributed by atoms with Gasteiger partial charge in [0, 0.05) is 23.8 Å². The number of nitrogens with one attached hydrogen (secondary N) is 1. The topological polar surface area (TPSA) is 38.6 Å². The van der Waals surface area contributed by atoms with Crippen LogP contribution in [0.2, 0.25) is 0 Å². The van der Waals surface area contributed by atoms with E-state index in [0.29, 0.717) is 0 Å². The average molecular weight is 349 g/mol. The van der Waals surface area contributed by atoms with Crippen molar-refractivity contribution < 1.29 is 4.74 Å². The molecule has 0 spiro atoms. The van der Waals surface area contributed by atoms with Crippen molar-refractivity contribution in [1.82, 2.24) is 14.7 Å². The van der Waals surface area contributed by atoms with E-state index >= 15 is 0 Å². The number of hydrogen-bond donors (Lipinski definition) is 1. The van der Waals surface area contributed by atoms with Gasteiger partial charge in [-0.2, -0.15) is 0 Å². The number of para-hydroxylation sites is 1. The number of nitrogens with zero attached hydrogens (tertiary/aromatic N) is 2. The van der Waals surface area contributed by atoms with Crippen LogP contribution >= 0.6 is 0 Å². The Kier molecular flexibility index (Phi) is 4.45. The molecule has 0 radical (unpaired) electrons. The molecule has 0 atom stereocenters. The maximum atomic E-state index is 5.67. The Morgan fingerprint density at radius 3 is 2.69 bits per heavy atom. The van der Waals surface area contributed by atoms with E-state index in [9.17, 15) is 0 Å². The maximum Gasteiger partial charge on any atom is 0.137 e. The lowest BCUT2D eigenvalue weighted by atomic mass is 9.87. The summed E-state index contributed by atoms with van der Waals surface area (Å²) in [5.74, 6) is 0.979.